The molecule has 1 fully saturated rings. The van der Waals surface area contributed by atoms with Crippen LogP contribution >= 0.6 is 11.8 Å². The predicted octanol–water partition coefficient (Wildman–Crippen LogP) is 3.43. The Hall–Kier alpha value is -3.33. The molecule has 32 heavy (non-hydrogen) atoms. The lowest BCUT2D eigenvalue weighted by atomic mass is 10.1. The second kappa shape index (κ2) is 8.66. The molecule has 1 amide bonds. The molecule has 2 aliphatic heterocycles. The number of hydrogen-bond donors (Lipinski definition) is 0. The average Bonchev–Trinajstić information content (AvgIpc) is 3.42. The Kier molecular flexibility index (Phi) is 5.57. The minimum atomic E-state index is -0.367. The Labute approximate surface area is 189 Å². The molecule has 3 aromatic rings. The monoisotopic (exact) mass is 450 g/mol. The highest BCUT2D eigenvalue weighted by Crippen LogP contribution is 2.35. The van der Waals surface area contributed by atoms with E-state index in [0.717, 1.165) is 18.7 Å². The van der Waals surface area contributed by atoms with Crippen molar-refractivity contribution in [1.82, 2.24) is 14.8 Å². The Balaban J connectivity index is 1.22. The van der Waals surface area contributed by atoms with Gasteiger partial charge in [0.25, 0.3) is 0 Å². The zero-order chi connectivity index (χ0) is 22.1. The van der Waals surface area contributed by atoms with Crippen molar-refractivity contribution in [2.45, 2.75) is 24.1 Å². The van der Waals surface area contributed by atoms with Crippen molar-refractivity contribution in [3.63, 3.8) is 0 Å². The summed E-state index contributed by atoms with van der Waals surface area (Å²) in [6, 6.07) is 14.7. The Morgan fingerprint density at radius 2 is 1.91 bits per heavy atom. The molecule has 0 radical (unpaired) electrons. The molecule has 0 saturated carbocycles. The topological polar surface area (TPSA) is 86.6 Å². The van der Waals surface area contributed by atoms with E-state index in [4.69, 9.17) is 9.47 Å². The second-order valence-corrected chi connectivity index (χ2v) is 8.61. The first-order valence-corrected chi connectivity index (χ1v) is 11.4. The molecule has 0 spiro atoms. The first-order valence-electron chi connectivity index (χ1n) is 10.4. The summed E-state index contributed by atoms with van der Waals surface area (Å²) < 4.78 is 13.6. The van der Waals surface area contributed by atoms with E-state index in [0.29, 0.717) is 41.1 Å². The van der Waals surface area contributed by atoms with Gasteiger partial charge < -0.3 is 18.9 Å². The van der Waals surface area contributed by atoms with Crippen LogP contribution in [0.3, 0.4) is 0 Å². The third kappa shape index (κ3) is 3.95. The van der Waals surface area contributed by atoms with Crippen LogP contribution in [-0.4, -0.2) is 45.4 Å². The van der Waals surface area contributed by atoms with Gasteiger partial charge in [-0.1, -0.05) is 23.9 Å². The molecule has 0 bridgehead atoms. The van der Waals surface area contributed by atoms with Crippen molar-refractivity contribution in [3.05, 3.63) is 59.9 Å². The lowest BCUT2D eigenvalue weighted by molar-refractivity contribution is -0.117. The minimum Gasteiger partial charge on any atom is -0.485 e. The molecule has 5 rings (SSSR count). The summed E-state index contributed by atoms with van der Waals surface area (Å²) in [6.07, 6.45) is 1.09. The van der Waals surface area contributed by atoms with Crippen molar-refractivity contribution < 1.29 is 19.1 Å². The Morgan fingerprint density at radius 3 is 2.66 bits per heavy atom. The van der Waals surface area contributed by atoms with Gasteiger partial charge in [-0.3, -0.25) is 9.59 Å². The number of ether oxygens (including phenoxy) is 2. The minimum absolute atomic E-state index is 0.00924. The summed E-state index contributed by atoms with van der Waals surface area (Å²) in [6.45, 7) is 1.08. The van der Waals surface area contributed by atoms with Crippen molar-refractivity contribution in [3.8, 4) is 11.5 Å². The van der Waals surface area contributed by atoms with E-state index < -0.39 is 0 Å². The second-order valence-electron chi connectivity index (χ2n) is 7.67. The van der Waals surface area contributed by atoms with Crippen LogP contribution in [0.4, 0.5) is 5.69 Å². The third-order valence-corrected chi connectivity index (χ3v) is 6.59. The number of para-hydroxylation sites is 2. The Morgan fingerprint density at radius 1 is 1.12 bits per heavy atom. The van der Waals surface area contributed by atoms with Crippen molar-refractivity contribution in [2.24, 2.45) is 7.05 Å². The van der Waals surface area contributed by atoms with E-state index in [1.807, 2.05) is 48.0 Å². The number of ketones is 1. The van der Waals surface area contributed by atoms with E-state index in [2.05, 4.69) is 10.2 Å². The number of carbonyl (C=O) groups excluding carboxylic acids is 2. The number of thioether (sulfide) groups is 1. The highest BCUT2D eigenvalue weighted by molar-refractivity contribution is 7.99. The quantitative estimate of drug-likeness (QED) is 0.420. The fraction of sp³-hybridized carbons (Fsp3) is 0.304. The van der Waals surface area contributed by atoms with Gasteiger partial charge in [0.05, 0.1) is 5.75 Å². The molecule has 9 heteroatoms. The zero-order valence-corrected chi connectivity index (χ0v) is 18.4. The fourth-order valence-corrected chi connectivity index (χ4v) is 4.65. The van der Waals surface area contributed by atoms with Gasteiger partial charge in [-0.15, -0.1) is 10.2 Å². The molecule has 8 nitrogen and oxygen atoms in total. The summed E-state index contributed by atoms with van der Waals surface area (Å²) >= 11 is 1.33. The van der Waals surface area contributed by atoms with Gasteiger partial charge in [0, 0.05) is 31.3 Å². The molecule has 2 aromatic carbocycles. The van der Waals surface area contributed by atoms with Crippen LogP contribution in [0.25, 0.3) is 0 Å². The maximum atomic E-state index is 12.7. The van der Waals surface area contributed by atoms with Gasteiger partial charge in [-0.05, 0) is 42.8 Å². The summed E-state index contributed by atoms with van der Waals surface area (Å²) in [4.78, 5) is 26.3. The SMILES string of the molecule is Cn1c(SCC(=O)c2ccc(N3CCCC3=O)cc2)nnc1C1COc2ccccc2O1. The first kappa shape index (κ1) is 20.6. The molecular formula is C23H22N4O4S. The number of nitrogens with zero attached hydrogens (tertiary/aromatic N) is 4. The molecule has 1 saturated heterocycles. The van der Waals surface area contributed by atoms with Crippen LogP contribution in [0.2, 0.25) is 0 Å². The fourth-order valence-electron chi connectivity index (χ4n) is 3.84. The number of anilines is 1. The molecule has 0 aliphatic carbocycles. The molecular weight excluding hydrogens is 428 g/mol. The number of carbonyl (C=O) groups is 2. The average molecular weight is 451 g/mol. The van der Waals surface area contributed by atoms with Crippen molar-refractivity contribution in [2.75, 3.05) is 23.8 Å². The number of aromatic nitrogens is 3. The Bertz CT molecular complexity index is 1160. The lowest BCUT2D eigenvalue weighted by Gasteiger charge is -2.25. The van der Waals surface area contributed by atoms with E-state index >= 15 is 0 Å². The van der Waals surface area contributed by atoms with Crippen LogP contribution < -0.4 is 14.4 Å². The normalized spacial score (nSPS) is 17.6. The molecule has 1 unspecified atom stereocenters. The summed E-state index contributed by atoms with van der Waals surface area (Å²) in [5, 5.41) is 9.13. The first-order chi connectivity index (χ1) is 15.6. The molecule has 2 aliphatic rings. The van der Waals surface area contributed by atoms with Crippen LogP contribution in [-0.2, 0) is 11.8 Å². The van der Waals surface area contributed by atoms with Crippen molar-refractivity contribution >= 4 is 29.1 Å². The third-order valence-electron chi connectivity index (χ3n) is 5.57. The molecule has 3 heterocycles. The zero-order valence-electron chi connectivity index (χ0n) is 17.6. The van der Waals surface area contributed by atoms with Gasteiger partial charge in [0.15, 0.2) is 34.4 Å². The predicted molar refractivity (Wildman–Crippen MR) is 119 cm³/mol. The van der Waals surface area contributed by atoms with Gasteiger partial charge in [0.1, 0.15) is 6.61 Å². The number of Topliss-reactive ketones (excluding diaryl/α,β-unsaturated/α-hetero) is 1. The molecule has 1 aromatic heterocycles. The maximum absolute atomic E-state index is 12.7. The molecule has 1 atom stereocenters. The largest absolute Gasteiger partial charge is 0.485 e. The van der Waals surface area contributed by atoms with Gasteiger partial charge in [-0.25, -0.2) is 0 Å². The number of amides is 1. The van der Waals surface area contributed by atoms with E-state index in [9.17, 15) is 9.59 Å². The van der Waals surface area contributed by atoms with Crippen LogP contribution in [0, 0.1) is 0 Å². The van der Waals surface area contributed by atoms with E-state index in [1.54, 1.807) is 17.0 Å². The number of benzene rings is 2. The van der Waals surface area contributed by atoms with Crippen LogP contribution in [0.1, 0.15) is 35.1 Å². The summed E-state index contributed by atoms with van der Waals surface area (Å²) in [5.41, 5.74) is 1.45. The number of fused-ring (bicyclic) bond motifs is 1. The van der Waals surface area contributed by atoms with Gasteiger partial charge in [-0.2, -0.15) is 0 Å². The molecule has 0 N–H and O–H groups in total. The standard InChI is InChI=1S/C23H22N4O4S/c1-26-22(20-13-30-18-5-2-3-6-19(18)31-20)24-25-23(26)32-14-17(28)15-8-10-16(11-9-15)27-12-4-7-21(27)29/h2-3,5-6,8-11,20H,4,7,12-14H2,1H3. The summed E-state index contributed by atoms with van der Waals surface area (Å²) in [5.74, 6) is 2.40. The highest BCUT2D eigenvalue weighted by atomic mass is 32.2. The van der Waals surface area contributed by atoms with Crippen LogP contribution in [0.5, 0.6) is 11.5 Å². The van der Waals surface area contributed by atoms with E-state index in [1.165, 1.54) is 11.8 Å². The number of hydrogen-bond acceptors (Lipinski definition) is 7. The smallest absolute Gasteiger partial charge is 0.227 e. The van der Waals surface area contributed by atoms with Crippen molar-refractivity contribution in [1.29, 1.82) is 0 Å². The van der Waals surface area contributed by atoms with Gasteiger partial charge >= 0.3 is 0 Å². The summed E-state index contributed by atoms with van der Waals surface area (Å²) in [7, 11) is 1.86. The van der Waals surface area contributed by atoms with E-state index in [-0.39, 0.29) is 23.5 Å². The van der Waals surface area contributed by atoms with Gasteiger partial charge in [0.2, 0.25) is 5.91 Å². The number of rotatable bonds is 6. The maximum Gasteiger partial charge on any atom is 0.227 e. The lowest BCUT2D eigenvalue weighted by Crippen LogP contribution is -2.24. The highest BCUT2D eigenvalue weighted by Gasteiger charge is 2.27. The molecule has 164 valence electrons. The van der Waals surface area contributed by atoms with Crippen LogP contribution in [0.15, 0.2) is 53.7 Å².